The lowest BCUT2D eigenvalue weighted by molar-refractivity contribution is 0.0617. The molecule has 1 saturated carbocycles. The van der Waals surface area contributed by atoms with Gasteiger partial charge in [-0.1, -0.05) is 94.9 Å². The lowest BCUT2D eigenvalue weighted by Gasteiger charge is -2.44. The van der Waals surface area contributed by atoms with Crippen LogP contribution in [-0.4, -0.2) is 0 Å². The normalized spacial score (nSPS) is 33.4. The Kier molecular flexibility index (Phi) is 11.3. The second-order valence-electron chi connectivity index (χ2n) is 12.2. The molecule has 0 heterocycles. The summed E-state index contributed by atoms with van der Waals surface area (Å²) in [7, 11) is 0. The Morgan fingerprint density at radius 3 is 2.10 bits per heavy atom. The molecule has 0 radical (unpaired) electrons. The van der Waals surface area contributed by atoms with Crippen molar-refractivity contribution in [1.82, 2.24) is 0 Å². The lowest BCUT2D eigenvalue weighted by atomic mass is 9.61. The van der Waals surface area contributed by atoms with Gasteiger partial charge in [0, 0.05) is 0 Å². The molecule has 0 heteroatoms. The summed E-state index contributed by atoms with van der Waals surface area (Å²) in [5.41, 5.74) is 1.09. The Morgan fingerprint density at radius 1 is 0.931 bits per heavy atom. The summed E-state index contributed by atoms with van der Waals surface area (Å²) < 4.78 is 0. The van der Waals surface area contributed by atoms with Gasteiger partial charge in [0.2, 0.25) is 0 Å². The van der Waals surface area contributed by atoms with Gasteiger partial charge in [-0.2, -0.15) is 0 Å². The van der Waals surface area contributed by atoms with Gasteiger partial charge < -0.3 is 0 Å². The Labute approximate surface area is 186 Å². The molecule has 0 nitrogen and oxygen atoms in total. The van der Waals surface area contributed by atoms with Crippen molar-refractivity contribution in [3.8, 4) is 0 Å². The van der Waals surface area contributed by atoms with Crippen LogP contribution in [0.15, 0.2) is 0 Å². The van der Waals surface area contributed by atoms with Crippen LogP contribution in [0.25, 0.3) is 0 Å². The molecule has 0 aliphatic heterocycles. The van der Waals surface area contributed by atoms with E-state index in [1.54, 1.807) is 0 Å². The molecule has 0 N–H and O–H groups in total. The van der Waals surface area contributed by atoms with E-state index >= 15 is 0 Å². The molecule has 0 amide bonds. The molecule has 0 saturated heterocycles. The molecule has 0 aromatic rings. The third-order valence-corrected chi connectivity index (χ3v) is 10.2. The molecule has 0 aromatic carbocycles. The van der Waals surface area contributed by atoms with Crippen LogP contribution >= 0.6 is 0 Å². The summed E-state index contributed by atoms with van der Waals surface area (Å²) in [6.45, 7) is 25.0. The van der Waals surface area contributed by atoms with Crippen molar-refractivity contribution in [2.24, 2.45) is 46.3 Å². The predicted octanol–water partition coefficient (Wildman–Crippen LogP) is 10.2. The molecule has 7 atom stereocenters. The zero-order valence-electron chi connectivity index (χ0n) is 22.2. The second-order valence-corrected chi connectivity index (χ2v) is 12.2. The van der Waals surface area contributed by atoms with Crippen LogP contribution in [0.3, 0.4) is 0 Å². The Morgan fingerprint density at radius 2 is 1.59 bits per heavy atom. The fraction of sp³-hybridized carbons (Fsp3) is 1.00. The maximum Gasteiger partial charge on any atom is -0.0274 e. The van der Waals surface area contributed by atoms with Crippen LogP contribution in [0.1, 0.15) is 140 Å². The van der Waals surface area contributed by atoms with Crippen molar-refractivity contribution in [1.29, 1.82) is 0 Å². The minimum Gasteiger partial charge on any atom is -0.0654 e. The number of hydrogen-bond donors (Lipinski definition) is 0. The molecule has 29 heavy (non-hydrogen) atoms. The third-order valence-electron chi connectivity index (χ3n) is 10.2. The molecular formula is C29H58. The standard InChI is InChI=1S/C29H58/c1-11-17-28(10,24(7)12-2)19-20-29(13-3)18-16-27(26(9)22(4)5)15-14-23(6)21-25(29)8/h22-27H,11-21H2,1-10H3. The smallest absolute Gasteiger partial charge is 0.0274 e. The largest absolute Gasteiger partial charge is 0.0654 e. The van der Waals surface area contributed by atoms with E-state index in [2.05, 4.69) is 69.2 Å². The number of hydrogen-bond acceptors (Lipinski definition) is 0. The minimum absolute atomic E-state index is 0.528. The molecule has 1 fully saturated rings. The molecule has 1 aliphatic carbocycles. The van der Waals surface area contributed by atoms with Crippen LogP contribution in [0.5, 0.6) is 0 Å². The zero-order chi connectivity index (χ0) is 22.2. The van der Waals surface area contributed by atoms with Gasteiger partial charge in [-0.3, -0.25) is 0 Å². The summed E-state index contributed by atoms with van der Waals surface area (Å²) >= 11 is 0. The number of rotatable bonds is 10. The summed E-state index contributed by atoms with van der Waals surface area (Å²) in [6.07, 6.45) is 15.7. The summed E-state index contributed by atoms with van der Waals surface area (Å²) in [4.78, 5) is 0. The Bertz CT molecular complexity index is 437. The van der Waals surface area contributed by atoms with Gasteiger partial charge in [0.1, 0.15) is 0 Å². The van der Waals surface area contributed by atoms with Gasteiger partial charge >= 0.3 is 0 Å². The zero-order valence-corrected chi connectivity index (χ0v) is 22.2. The van der Waals surface area contributed by atoms with Crippen LogP contribution in [0, 0.1) is 46.3 Å². The molecule has 0 spiro atoms. The SMILES string of the molecule is CCCC(C)(CCC1(CC)CCC(C(C)C(C)C)CCC(C)CC1C)C(C)CC. The van der Waals surface area contributed by atoms with Crippen LogP contribution in [0.2, 0.25) is 0 Å². The molecule has 1 aliphatic rings. The van der Waals surface area contributed by atoms with Gasteiger partial charge in [0.15, 0.2) is 0 Å². The van der Waals surface area contributed by atoms with Gasteiger partial charge in [0.05, 0.1) is 0 Å². The van der Waals surface area contributed by atoms with Crippen molar-refractivity contribution in [2.45, 2.75) is 140 Å². The van der Waals surface area contributed by atoms with Crippen molar-refractivity contribution in [3.05, 3.63) is 0 Å². The molecule has 174 valence electrons. The van der Waals surface area contributed by atoms with Crippen LogP contribution in [-0.2, 0) is 0 Å². The monoisotopic (exact) mass is 406 g/mol. The third kappa shape index (κ3) is 7.28. The average Bonchev–Trinajstić information content (AvgIpc) is 2.74. The average molecular weight is 407 g/mol. The van der Waals surface area contributed by atoms with E-state index in [1.807, 2.05) is 0 Å². The Hall–Kier alpha value is 0. The van der Waals surface area contributed by atoms with Gasteiger partial charge in [-0.25, -0.2) is 0 Å². The molecule has 0 aromatic heterocycles. The molecule has 1 rings (SSSR count). The first-order chi connectivity index (χ1) is 13.5. The van der Waals surface area contributed by atoms with Crippen molar-refractivity contribution < 1.29 is 0 Å². The highest BCUT2D eigenvalue weighted by Crippen LogP contribution is 2.51. The van der Waals surface area contributed by atoms with Crippen molar-refractivity contribution >= 4 is 0 Å². The highest BCUT2D eigenvalue weighted by molar-refractivity contribution is 4.90. The first kappa shape index (κ1) is 27.0. The predicted molar refractivity (Wildman–Crippen MR) is 133 cm³/mol. The fourth-order valence-electron chi connectivity index (χ4n) is 6.69. The van der Waals surface area contributed by atoms with E-state index in [0.717, 1.165) is 35.5 Å². The first-order valence-corrected chi connectivity index (χ1v) is 13.5. The Balaban J connectivity index is 3.08. The van der Waals surface area contributed by atoms with E-state index in [-0.39, 0.29) is 0 Å². The van der Waals surface area contributed by atoms with Crippen LogP contribution < -0.4 is 0 Å². The quantitative estimate of drug-likeness (QED) is 0.338. The van der Waals surface area contributed by atoms with Gasteiger partial charge in [-0.05, 0) is 91.3 Å². The van der Waals surface area contributed by atoms with Gasteiger partial charge in [-0.15, -0.1) is 0 Å². The fourth-order valence-corrected chi connectivity index (χ4v) is 6.69. The van der Waals surface area contributed by atoms with E-state index < -0.39 is 0 Å². The second kappa shape index (κ2) is 12.1. The van der Waals surface area contributed by atoms with Crippen molar-refractivity contribution in [2.75, 3.05) is 0 Å². The van der Waals surface area contributed by atoms with Crippen molar-refractivity contribution in [3.63, 3.8) is 0 Å². The molecule has 7 unspecified atom stereocenters. The lowest BCUT2D eigenvalue weighted by Crippen LogP contribution is -2.34. The highest BCUT2D eigenvalue weighted by atomic mass is 14.4. The maximum absolute atomic E-state index is 2.62. The van der Waals surface area contributed by atoms with E-state index in [0.29, 0.717) is 10.8 Å². The topological polar surface area (TPSA) is 0 Å². The summed E-state index contributed by atoms with van der Waals surface area (Å²) in [5, 5.41) is 0. The maximum atomic E-state index is 2.62. The van der Waals surface area contributed by atoms with Crippen LogP contribution in [0.4, 0.5) is 0 Å². The summed E-state index contributed by atoms with van der Waals surface area (Å²) in [5.74, 6) is 5.24. The van der Waals surface area contributed by atoms with E-state index in [1.165, 1.54) is 70.6 Å². The van der Waals surface area contributed by atoms with Gasteiger partial charge in [0.25, 0.3) is 0 Å². The first-order valence-electron chi connectivity index (χ1n) is 13.5. The molecular weight excluding hydrogens is 348 g/mol. The van der Waals surface area contributed by atoms with E-state index in [9.17, 15) is 0 Å². The minimum atomic E-state index is 0.528. The summed E-state index contributed by atoms with van der Waals surface area (Å²) in [6, 6.07) is 0. The molecule has 0 bridgehead atoms. The highest BCUT2D eigenvalue weighted by Gasteiger charge is 2.40. The van der Waals surface area contributed by atoms with E-state index in [4.69, 9.17) is 0 Å².